The predicted molar refractivity (Wildman–Crippen MR) is 73.5 cm³/mol. The number of hydrogen-bond donors (Lipinski definition) is 2. The van der Waals surface area contributed by atoms with Crippen molar-refractivity contribution in [2.24, 2.45) is 5.73 Å². The van der Waals surface area contributed by atoms with Crippen molar-refractivity contribution in [2.75, 3.05) is 6.54 Å². The van der Waals surface area contributed by atoms with E-state index in [4.69, 9.17) is 5.73 Å². The van der Waals surface area contributed by atoms with Crippen LogP contribution in [-0.2, 0) is 0 Å². The Labute approximate surface area is 126 Å². The van der Waals surface area contributed by atoms with E-state index in [-0.39, 0.29) is 23.5 Å². The van der Waals surface area contributed by atoms with Gasteiger partial charge in [-0.15, -0.1) is 25.6 Å². The van der Waals surface area contributed by atoms with Crippen molar-refractivity contribution in [3.63, 3.8) is 0 Å². The predicted octanol–water partition coefficient (Wildman–Crippen LogP) is 2.62. The summed E-state index contributed by atoms with van der Waals surface area (Å²) < 4.78 is 40.0. The first-order valence-corrected chi connectivity index (χ1v) is 6.20. The molecule has 4 nitrogen and oxygen atoms in total. The first-order chi connectivity index (χ1) is 9.27. The molecule has 0 saturated heterocycles. The summed E-state index contributed by atoms with van der Waals surface area (Å²) in [7, 11) is 0. The zero-order chi connectivity index (χ0) is 14.8. The molecule has 8 heteroatoms. The van der Waals surface area contributed by atoms with Crippen molar-refractivity contribution in [3.05, 3.63) is 29.8 Å². The highest BCUT2D eigenvalue weighted by molar-refractivity contribution is 5.94. The molecule has 0 spiro atoms. The lowest BCUT2D eigenvalue weighted by atomic mass is 9.78. The van der Waals surface area contributed by atoms with Crippen molar-refractivity contribution < 1.29 is 22.7 Å². The fraction of sp³-hybridized carbons (Fsp3) is 0.462. The topological polar surface area (TPSA) is 64.3 Å². The molecule has 0 bridgehead atoms. The number of nitrogens with two attached hydrogens (primary N) is 1. The monoisotopic (exact) mass is 324 g/mol. The Morgan fingerprint density at radius 1 is 1.38 bits per heavy atom. The molecule has 0 aromatic heterocycles. The molecule has 1 aliphatic rings. The van der Waals surface area contributed by atoms with Crippen LogP contribution in [0.3, 0.4) is 0 Å². The summed E-state index contributed by atoms with van der Waals surface area (Å²) in [5.41, 5.74) is 5.68. The Hall–Kier alpha value is -1.47. The molecule has 0 heterocycles. The average molecular weight is 325 g/mol. The van der Waals surface area contributed by atoms with Gasteiger partial charge in [0.05, 0.1) is 0 Å². The van der Waals surface area contributed by atoms with E-state index in [0.29, 0.717) is 6.54 Å². The van der Waals surface area contributed by atoms with Crippen LogP contribution < -0.4 is 15.8 Å². The summed E-state index contributed by atoms with van der Waals surface area (Å²) >= 11 is 0. The smallest absolute Gasteiger partial charge is 0.406 e. The number of hydrogen-bond acceptors (Lipinski definition) is 3. The van der Waals surface area contributed by atoms with Crippen LogP contribution in [-0.4, -0.2) is 24.4 Å². The first kappa shape index (κ1) is 17.6. The minimum Gasteiger partial charge on any atom is -0.406 e. The van der Waals surface area contributed by atoms with Gasteiger partial charge in [-0.3, -0.25) is 4.79 Å². The fourth-order valence-electron chi connectivity index (χ4n) is 2.00. The molecule has 0 aliphatic heterocycles. The molecular formula is C13H16ClF3N2O2. The lowest BCUT2D eigenvalue weighted by Gasteiger charge is -2.38. The molecule has 2 rings (SSSR count). The lowest BCUT2D eigenvalue weighted by Crippen LogP contribution is -2.54. The van der Waals surface area contributed by atoms with Crippen LogP contribution in [0, 0.1) is 0 Å². The molecule has 1 fully saturated rings. The highest BCUT2D eigenvalue weighted by atomic mass is 35.5. The van der Waals surface area contributed by atoms with Gasteiger partial charge in [0.25, 0.3) is 5.91 Å². The van der Waals surface area contributed by atoms with E-state index in [1.54, 1.807) is 0 Å². The number of carbonyl (C=O) groups is 1. The van der Waals surface area contributed by atoms with Crippen molar-refractivity contribution in [1.29, 1.82) is 0 Å². The van der Waals surface area contributed by atoms with Crippen molar-refractivity contribution in [1.82, 2.24) is 5.32 Å². The largest absolute Gasteiger partial charge is 0.573 e. The van der Waals surface area contributed by atoms with Crippen molar-refractivity contribution in [3.8, 4) is 5.75 Å². The quantitative estimate of drug-likeness (QED) is 0.895. The second-order valence-electron chi connectivity index (χ2n) is 4.97. The average Bonchev–Trinajstić information content (AvgIpc) is 2.32. The summed E-state index contributed by atoms with van der Waals surface area (Å²) in [6.07, 6.45) is -2.07. The molecule has 1 aliphatic carbocycles. The SMILES string of the molecule is Cl.NC1(CNC(=O)c2cccc(OC(F)(F)F)c2)CCC1. The third kappa shape index (κ3) is 5.09. The Kier molecular flexibility index (Phi) is 5.47. The van der Waals surface area contributed by atoms with Crippen LogP contribution in [0.5, 0.6) is 5.75 Å². The number of ether oxygens (including phenoxy) is 1. The van der Waals surface area contributed by atoms with Gasteiger partial charge < -0.3 is 15.8 Å². The number of nitrogens with one attached hydrogen (secondary N) is 1. The maximum absolute atomic E-state index is 12.1. The van der Waals surface area contributed by atoms with E-state index in [2.05, 4.69) is 10.1 Å². The second-order valence-corrected chi connectivity index (χ2v) is 4.97. The van der Waals surface area contributed by atoms with Gasteiger partial charge in [-0.05, 0) is 37.5 Å². The normalized spacial score (nSPS) is 16.4. The van der Waals surface area contributed by atoms with E-state index in [1.807, 2.05) is 0 Å². The Bertz CT molecular complexity index is 504. The van der Waals surface area contributed by atoms with Gasteiger partial charge in [0.1, 0.15) is 5.75 Å². The molecule has 1 aromatic rings. The number of carbonyl (C=O) groups excluding carboxylic acids is 1. The van der Waals surface area contributed by atoms with Crippen LogP contribution in [0.15, 0.2) is 24.3 Å². The summed E-state index contributed by atoms with van der Waals surface area (Å²) in [5, 5.41) is 2.63. The molecule has 118 valence electrons. The fourth-order valence-corrected chi connectivity index (χ4v) is 2.00. The van der Waals surface area contributed by atoms with Crippen LogP contribution in [0.1, 0.15) is 29.6 Å². The van der Waals surface area contributed by atoms with Crippen LogP contribution in [0.25, 0.3) is 0 Å². The Morgan fingerprint density at radius 2 is 2.05 bits per heavy atom. The van der Waals surface area contributed by atoms with Gasteiger partial charge in [-0.25, -0.2) is 0 Å². The number of alkyl halides is 3. The molecule has 1 amide bonds. The molecular weight excluding hydrogens is 309 g/mol. The number of rotatable bonds is 4. The molecule has 21 heavy (non-hydrogen) atoms. The standard InChI is InChI=1S/C13H15F3N2O2.ClH/c14-13(15,16)20-10-4-1-3-9(7-10)11(19)18-8-12(17)5-2-6-12;/h1,3-4,7H,2,5-6,8,17H2,(H,18,19);1H. The molecule has 1 saturated carbocycles. The molecule has 0 unspecified atom stereocenters. The van der Waals surface area contributed by atoms with E-state index in [1.165, 1.54) is 12.1 Å². The number of halogens is 4. The summed E-state index contributed by atoms with van der Waals surface area (Å²) in [6, 6.07) is 4.94. The van der Waals surface area contributed by atoms with Crippen LogP contribution in [0.2, 0.25) is 0 Å². The number of amides is 1. The minimum atomic E-state index is -4.78. The van der Waals surface area contributed by atoms with Gasteiger partial charge in [-0.1, -0.05) is 6.07 Å². The number of benzene rings is 1. The Morgan fingerprint density at radius 3 is 2.57 bits per heavy atom. The second kappa shape index (κ2) is 6.53. The summed E-state index contributed by atoms with van der Waals surface area (Å²) in [4.78, 5) is 11.8. The Balaban J connectivity index is 0.00000220. The van der Waals surface area contributed by atoms with Gasteiger partial charge in [0.15, 0.2) is 0 Å². The first-order valence-electron chi connectivity index (χ1n) is 6.20. The third-order valence-corrected chi connectivity index (χ3v) is 3.28. The van der Waals surface area contributed by atoms with Crippen LogP contribution in [0.4, 0.5) is 13.2 Å². The molecule has 0 radical (unpaired) electrons. The molecule has 0 atom stereocenters. The van der Waals surface area contributed by atoms with Gasteiger partial charge in [0.2, 0.25) is 0 Å². The van der Waals surface area contributed by atoms with E-state index in [0.717, 1.165) is 31.4 Å². The highest BCUT2D eigenvalue weighted by Gasteiger charge is 2.33. The summed E-state index contributed by atoms with van der Waals surface area (Å²) in [5.74, 6) is -0.884. The third-order valence-electron chi connectivity index (χ3n) is 3.28. The maximum atomic E-state index is 12.1. The highest BCUT2D eigenvalue weighted by Crippen LogP contribution is 2.28. The van der Waals surface area contributed by atoms with Crippen molar-refractivity contribution >= 4 is 18.3 Å². The van der Waals surface area contributed by atoms with E-state index in [9.17, 15) is 18.0 Å². The molecule has 3 N–H and O–H groups in total. The van der Waals surface area contributed by atoms with Gasteiger partial charge in [0, 0.05) is 17.6 Å². The van der Waals surface area contributed by atoms with Crippen LogP contribution >= 0.6 is 12.4 Å². The zero-order valence-electron chi connectivity index (χ0n) is 11.1. The maximum Gasteiger partial charge on any atom is 0.573 e. The van der Waals surface area contributed by atoms with Gasteiger partial charge >= 0.3 is 6.36 Å². The van der Waals surface area contributed by atoms with E-state index >= 15 is 0 Å². The molecule has 1 aromatic carbocycles. The van der Waals surface area contributed by atoms with E-state index < -0.39 is 18.0 Å². The minimum absolute atomic E-state index is 0. The lowest BCUT2D eigenvalue weighted by molar-refractivity contribution is -0.274. The summed E-state index contributed by atoms with van der Waals surface area (Å²) in [6.45, 7) is 0.316. The zero-order valence-corrected chi connectivity index (χ0v) is 11.9. The van der Waals surface area contributed by atoms with Gasteiger partial charge in [-0.2, -0.15) is 0 Å². The van der Waals surface area contributed by atoms with Crippen molar-refractivity contribution in [2.45, 2.75) is 31.2 Å².